The number of aromatic nitrogens is 3. The Morgan fingerprint density at radius 2 is 2.30 bits per heavy atom. The maximum atomic E-state index is 12.2. The molecule has 1 amide bonds. The summed E-state index contributed by atoms with van der Waals surface area (Å²) in [6, 6.07) is 5.54. The normalized spacial score (nSPS) is 13.8. The van der Waals surface area contributed by atoms with Crippen molar-refractivity contribution in [3.63, 3.8) is 0 Å². The Labute approximate surface area is 122 Å². The van der Waals surface area contributed by atoms with Gasteiger partial charge in [-0.1, -0.05) is 0 Å². The monoisotopic (exact) mass is 293 g/mol. The number of carbonyl (C=O) groups excluding carboxylic acids is 1. The molecule has 1 aliphatic heterocycles. The summed E-state index contributed by atoms with van der Waals surface area (Å²) in [5.41, 5.74) is 2.99. The molecule has 3 N–H and O–H groups in total. The molecule has 0 radical (unpaired) electrons. The molecule has 6 nitrogen and oxygen atoms in total. The van der Waals surface area contributed by atoms with Gasteiger partial charge >= 0.3 is 0 Å². The molecule has 1 atom stereocenters. The predicted molar refractivity (Wildman–Crippen MR) is 78.1 cm³/mol. The summed E-state index contributed by atoms with van der Waals surface area (Å²) in [6.45, 7) is 2.81. The van der Waals surface area contributed by atoms with E-state index in [9.17, 15) is 4.79 Å². The van der Waals surface area contributed by atoms with Crippen LogP contribution in [0.2, 0.25) is 0 Å². The summed E-state index contributed by atoms with van der Waals surface area (Å²) < 4.78 is 0. The molecule has 0 spiro atoms. The third-order valence-electron chi connectivity index (χ3n) is 3.27. The Morgan fingerprint density at radius 1 is 1.45 bits per heavy atom. The van der Waals surface area contributed by atoms with Crippen LogP contribution in [0.1, 0.15) is 34.7 Å². The van der Waals surface area contributed by atoms with Gasteiger partial charge in [0.2, 0.25) is 0 Å². The van der Waals surface area contributed by atoms with Gasteiger partial charge in [-0.2, -0.15) is 5.10 Å². The number of amides is 1. The smallest absolute Gasteiger partial charge is 0.251 e. The lowest BCUT2D eigenvalue weighted by Crippen LogP contribution is -2.27. The van der Waals surface area contributed by atoms with Crippen molar-refractivity contribution in [2.75, 3.05) is 11.9 Å². The van der Waals surface area contributed by atoms with E-state index in [1.54, 1.807) is 0 Å². The van der Waals surface area contributed by atoms with Crippen LogP contribution in [0, 0.1) is 0 Å². The molecule has 0 fully saturated rings. The van der Waals surface area contributed by atoms with E-state index in [0.29, 0.717) is 11.4 Å². The quantitative estimate of drug-likeness (QED) is 0.804. The zero-order valence-electron chi connectivity index (χ0n) is 11.0. The number of fused-ring (bicyclic) bond motifs is 1. The van der Waals surface area contributed by atoms with Crippen molar-refractivity contribution in [1.29, 1.82) is 0 Å². The molecule has 0 saturated carbocycles. The number of hydrogen-bond acceptors (Lipinski definition) is 4. The van der Waals surface area contributed by atoms with E-state index < -0.39 is 0 Å². The van der Waals surface area contributed by atoms with E-state index in [2.05, 4.69) is 25.8 Å². The minimum atomic E-state index is -0.193. The molecular weight excluding hydrogens is 278 g/mol. The first-order valence-corrected chi connectivity index (χ1v) is 6.27. The minimum absolute atomic E-state index is 0. The fourth-order valence-electron chi connectivity index (χ4n) is 2.22. The summed E-state index contributed by atoms with van der Waals surface area (Å²) >= 11 is 0. The predicted octanol–water partition coefficient (Wildman–Crippen LogP) is 1.69. The summed E-state index contributed by atoms with van der Waals surface area (Å²) in [5, 5.41) is 12.7. The third-order valence-corrected chi connectivity index (χ3v) is 3.27. The molecule has 106 valence electrons. The van der Waals surface area contributed by atoms with Crippen LogP contribution in [-0.4, -0.2) is 27.6 Å². The van der Waals surface area contributed by atoms with Gasteiger partial charge < -0.3 is 10.6 Å². The van der Waals surface area contributed by atoms with Crippen molar-refractivity contribution in [1.82, 2.24) is 20.5 Å². The highest BCUT2D eigenvalue weighted by molar-refractivity contribution is 5.95. The zero-order chi connectivity index (χ0) is 13.2. The number of halogens is 1. The Balaban J connectivity index is 0.00000147. The summed E-state index contributed by atoms with van der Waals surface area (Å²) in [7, 11) is 0. The zero-order valence-corrected chi connectivity index (χ0v) is 11.8. The summed E-state index contributed by atoms with van der Waals surface area (Å²) in [5.74, 6) is 0.551. The maximum Gasteiger partial charge on any atom is 0.251 e. The first-order valence-electron chi connectivity index (χ1n) is 6.27. The number of aromatic amines is 1. The van der Waals surface area contributed by atoms with Crippen LogP contribution in [0.4, 0.5) is 5.69 Å². The van der Waals surface area contributed by atoms with Crippen molar-refractivity contribution < 1.29 is 4.79 Å². The number of rotatable bonds is 3. The van der Waals surface area contributed by atoms with Crippen LogP contribution < -0.4 is 10.6 Å². The molecule has 1 aliphatic rings. The molecule has 0 bridgehead atoms. The second-order valence-corrected chi connectivity index (χ2v) is 4.61. The fourth-order valence-corrected chi connectivity index (χ4v) is 2.22. The van der Waals surface area contributed by atoms with Gasteiger partial charge in [-0.05, 0) is 37.1 Å². The van der Waals surface area contributed by atoms with Crippen LogP contribution in [0.15, 0.2) is 24.5 Å². The molecule has 0 aliphatic carbocycles. The molecule has 1 aromatic carbocycles. The highest BCUT2D eigenvalue weighted by Crippen LogP contribution is 2.23. The van der Waals surface area contributed by atoms with Crippen LogP contribution in [0.25, 0.3) is 0 Å². The first-order chi connectivity index (χ1) is 9.24. The standard InChI is InChI=1S/C13H15N5O.ClH/c1-8(12-15-7-16-18-12)17-13(19)10-2-3-11-9(6-10)4-5-14-11;/h2-3,6-8,14H,4-5H2,1H3,(H,17,19)(H,15,16,18);1H. The average Bonchev–Trinajstić information content (AvgIpc) is 3.09. The highest BCUT2D eigenvalue weighted by Gasteiger charge is 2.16. The van der Waals surface area contributed by atoms with Crippen LogP contribution in [-0.2, 0) is 6.42 Å². The Bertz CT molecular complexity index is 599. The van der Waals surface area contributed by atoms with E-state index >= 15 is 0 Å². The van der Waals surface area contributed by atoms with E-state index in [0.717, 1.165) is 18.7 Å². The summed E-state index contributed by atoms with van der Waals surface area (Å²) in [6.07, 6.45) is 2.40. The van der Waals surface area contributed by atoms with E-state index in [1.807, 2.05) is 25.1 Å². The number of H-pyrrole nitrogens is 1. The van der Waals surface area contributed by atoms with Crippen molar-refractivity contribution in [2.24, 2.45) is 0 Å². The maximum absolute atomic E-state index is 12.2. The third kappa shape index (κ3) is 2.75. The van der Waals surface area contributed by atoms with Crippen LogP contribution in [0.5, 0.6) is 0 Å². The number of nitrogens with one attached hydrogen (secondary N) is 3. The lowest BCUT2D eigenvalue weighted by atomic mass is 10.1. The molecule has 3 rings (SSSR count). The Kier molecular flexibility index (Phi) is 4.24. The molecule has 2 aromatic rings. The van der Waals surface area contributed by atoms with Crippen molar-refractivity contribution in [3.8, 4) is 0 Å². The first kappa shape index (κ1) is 14.3. The lowest BCUT2D eigenvalue weighted by Gasteiger charge is -2.11. The second-order valence-electron chi connectivity index (χ2n) is 4.61. The molecule has 20 heavy (non-hydrogen) atoms. The molecule has 1 unspecified atom stereocenters. The number of benzene rings is 1. The molecule has 0 saturated heterocycles. The average molecular weight is 294 g/mol. The molecular formula is C13H16ClN5O. The largest absolute Gasteiger partial charge is 0.384 e. The Morgan fingerprint density at radius 3 is 3.05 bits per heavy atom. The van der Waals surface area contributed by atoms with Crippen molar-refractivity contribution in [3.05, 3.63) is 41.5 Å². The fraction of sp³-hybridized carbons (Fsp3) is 0.308. The minimum Gasteiger partial charge on any atom is -0.384 e. The van der Waals surface area contributed by atoms with E-state index in [1.165, 1.54) is 11.9 Å². The number of hydrogen-bond donors (Lipinski definition) is 3. The second kappa shape index (κ2) is 5.92. The van der Waals surface area contributed by atoms with Crippen LogP contribution in [0.3, 0.4) is 0 Å². The highest BCUT2D eigenvalue weighted by atomic mass is 35.5. The lowest BCUT2D eigenvalue weighted by molar-refractivity contribution is 0.0938. The molecule has 1 aromatic heterocycles. The topological polar surface area (TPSA) is 82.7 Å². The van der Waals surface area contributed by atoms with Gasteiger partial charge in [0.05, 0.1) is 6.04 Å². The number of carbonyl (C=O) groups is 1. The Hall–Kier alpha value is -2.08. The van der Waals surface area contributed by atoms with E-state index in [-0.39, 0.29) is 24.4 Å². The van der Waals surface area contributed by atoms with Gasteiger partial charge in [-0.15, -0.1) is 12.4 Å². The SMILES string of the molecule is CC(NC(=O)c1ccc2c(c1)CCN2)c1ncn[nH]1.Cl. The van der Waals surface area contributed by atoms with Gasteiger partial charge in [-0.3, -0.25) is 9.89 Å². The van der Waals surface area contributed by atoms with Gasteiger partial charge in [-0.25, -0.2) is 4.98 Å². The van der Waals surface area contributed by atoms with Crippen LogP contribution >= 0.6 is 12.4 Å². The van der Waals surface area contributed by atoms with Gasteiger partial charge in [0.15, 0.2) is 0 Å². The van der Waals surface area contributed by atoms with Crippen molar-refractivity contribution >= 4 is 24.0 Å². The van der Waals surface area contributed by atoms with Gasteiger partial charge in [0.25, 0.3) is 5.91 Å². The molecule has 2 heterocycles. The van der Waals surface area contributed by atoms with Gasteiger partial charge in [0, 0.05) is 17.8 Å². The van der Waals surface area contributed by atoms with Gasteiger partial charge in [0.1, 0.15) is 12.2 Å². The van der Waals surface area contributed by atoms with Crippen molar-refractivity contribution in [2.45, 2.75) is 19.4 Å². The number of nitrogens with zero attached hydrogens (tertiary/aromatic N) is 2. The van der Waals surface area contributed by atoms with E-state index in [4.69, 9.17) is 0 Å². The molecule has 7 heteroatoms. The number of anilines is 1. The summed E-state index contributed by atoms with van der Waals surface area (Å²) in [4.78, 5) is 16.2.